The van der Waals surface area contributed by atoms with Crippen molar-refractivity contribution in [3.63, 3.8) is 0 Å². The summed E-state index contributed by atoms with van der Waals surface area (Å²) in [6.07, 6.45) is -7.07. The number of halogens is 1. The van der Waals surface area contributed by atoms with Gasteiger partial charge in [0.05, 0.1) is 6.61 Å². The molecule has 0 aliphatic carbocycles. The van der Waals surface area contributed by atoms with Crippen LogP contribution in [-0.2, 0) is 4.74 Å². The van der Waals surface area contributed by atoms with Crippen molar-refractivity contribution in [2.45, 2.75) is 30.5 Å². The fourth-order valence-corrected chi connectivity index (χ4v) is 2.11. The Labute approximate surface area is 108 Å². The van der Waals surface area contributed by atoms with E-state index < -0.39 is 42.9 Å². The molecule has 0 radical (unpaired) electrons. The number of aliphatic hydroxyl groups excluding tert-OH is 4. The first-order valence-electron chi connectivity index (χ1n) is 5.74. The highest BCUT2D eigenvalue weighted by atomic mass is 19.1. The van der Waals surface area contributed by atoms with E-state index >= 15 is 0 Å². The summed E-state index contributed by atoms with van der Waals surface area (Å²) < 4.78 is 18.9. The minimum absolute atomic E-state index is 0.156. The molecule has 7 heteroatoms. The van der Waals surface area contributed by atoms with Crippen molar-refractivity contribution in [1.29, 1.82) is 0 Å². The average Bonchev–Trinajstić information content (AvgIpc) is 2.40. The lowest BCUT2D eigenvalue weighted by molar-refractivity contribution is -0.232. The van der Waals surface area contributed by atoms with Gasteiger partial charge in [0.15, 0.2) is 0 Å². The topological polar surface area (TPSA) is 110 Å². The Balaban J connectivity index is 2.35. The monoisotopic (exact) mass is 274 g/mol. The van der Waals surface area contributed by atoms with Gasteiger partial charge in [-0.05, 0) is 18.2 Å². The zero-order valence-corrected chi connectivity index (χ0v) is 9.85. The molecule has 0 spiro atoms. The molecule has 1 aliphatic rings. The number of phenolic OH excluding ortho intramolecular Hbond substituents is 1. The highest BCUT2D eigenvalue weighted by Gasteiger charge is 2.44. The number of ether oxygens (including phenoxy) is 1. The second kappa shape index (κ2) is 5.40. The van der Waals surface area contributed by atoms with Crippen LogP contribution in [0.25, 0.3) is 0 Å². The van der Waals surface area contributed by atoms with Crippen molar-refractivity contribution >= 4 is 0 Å². The van der Waals surface area contributed by atoms with Crippen LogP contribution in [0.5, 0.6) is 5.75 Å². The predicted octanol–water partition coefficient (Wildman–Crippen LogP) is -0.954. The van der Waals surface area contributed by atoms with Crippen LogP contribution in [0.3, 0.4) is 0 Å². The van der Waals surface area contributed by atoms with Gasteiger partial charge in [-0.15, -0.1) is 0 Å². The maximum atomic E-state index is 13.7. The maximum absolute atomic E-state index is 13.7. The molecule has 0 saturated carbocycles. The van der Waals surface area contributed by atoms with Crippen molar-refractivity contribution < 1.29 is 34.7 Å². The molecule has 0 unspecified atom stereocenters. The van der Waals surface area contributed by atoms with Crippen molar-refractivity contribution in [3.05, 3.63) is 29.6 Å². The summed E-state index contributed by atoms with van der Waals surface area (Å²) in [5.41, 5.74) is -0.156. The van der Waals surface area contributed by atoms with Crippen LogP contribution in [0.1, 0.15) is 11.7 Å². The van der Waals surface area contributed by atoms with Gasteiger partial charge in [0.1, 0.15) is 42.1 Å². The molecule has 0 aromatic heterocycles. The molecule has 1 fully saturated rings. The van der Waals surface area contributed by atoms with Crippen molar-refractivity contribution in [2.75, 3.05) is 6.61 Å². The van der Waals surface area contributed by atoms with Gasteiger partial charge in [0.25, 0.3) is 0 Å². The van der Waals surface area contributed by atoms with E-state index in [1.54, 1.807) is 0 Å². The number of hydrogen-bond donors (Lipinski definition) is 5. The normalized spacial score (nSPS) is 35.3. The van der Waals surface area contributed by atoms with E-state index in [0.717, 1.165) is 18.2 Å². The van der Waals surface area contributed by atoms with Crippen molar-refractivity contribution in [1.82, 2.24) is 0 Å². The molecule has 5 atom stereocenters. The van der Waals surface area contributed by atoms with Crippen LogP contribution in [0.4, 0.5) is 4.39 Å². The largest absolute Gasteiger partial charge is 0.508 e. The first-order chi connectivity index (χ1) is 8.95. The van der Waals surface area contributed by atoms with E-state index in [4.69, 9.17) is 9.84 Å². The Hall–Kier alpha value is -1.25. The molecule has 1 aliphatic heterocycles. The Morgan fingerprint density at radius 3 is 2.42 bits per heavy atom. The van der Waals surface area contributed by atoms with Gasteiger partial charge in [-0.1, -0.05) is 0 Å². The third kappa shape index (κ3) is 2.56. The number of aliphatic hydroxyl groups is 4. The molecule has 0 bridgehead atoms. The molecule has 106 valence electrons. The molecular formula is C12H15FO6. The van der Waals surface area contributed by atoms with Gasteiger partial charge in [-0.25, -0.2) is 4.39 Å². The second-order valence-electron chi connectivity index (χ2n) is 4.46. The zero-order valence-electron chi connectivity index (χ0n) is 9.85. The number of benzene rings is 1. The third-order valence-electron chi connectivity index (χ3n) is 3.18. The quantitative estimate of drug-likeness (QED) is 0.475. The molecule has 2 rings (SSSR count). The zero-order chi connectivity index (χ0) is 14.2. The molecular weight excluding hydrogens is 259 g/mol. The number of hydrogen-bond acceptors (Lipinski definition) is 6. The van der Waals surface area contributed by atoms with E-state index in [2.05, 4.69) is 0 Å². The fraction of sp³-hybridized carbons (Fsp3) is 0.500. The predicted molar refractivity (Wildman–Crippen MR) is 60.8 cm³/mol. The standard InChI is InChI=1S/C12H15FO6/c13-7-2-1-5(15)3-6(7)12-11(18)10(17)9(16)8(4-14)19-12/h1-3,8-12,14-18H,4H2/t8-,9-,10+,11+,12-/m1/s1. The first-order valence-corrected chi connectivity index (χ1v) is 5.74. The number of phenols is 1. The highest BCUT2D eigenvalue weighted by Crippen LogP contribution is 2.34. The fourth-order valence-electron chi connectivity index (χ4n) is 2.11. The van der Waals surface area contributed by atoms with E-state index in [1.165, 1.54) is 0 Å². The molecule has 5 N–H and O–H groups in total. The lowest BCUT2D eigenvalue weighted by Crippen LogP contribution is -2.55. The van der Waals surface area contributed by atoms with Gasteiger partial charge in [-0.3, -0.25) is 0 Å². The first kappa shape index (κ1) is 14.2. The van der Waals surface area contributed by atoms with Crippen molar-refractivity contribution in [3.8, 4) is 5.75 Å². The summed E-state index contributed by atoms with van der Waals surface area (Å²) in [6.45, 7) is -0.595. The summed E-state index contributed by atoms with van der Waals surface area (Å²) >= 11 is 0. The molecule has 0 amide bonds. The summed E-state index contributed by atoms with van der Waals surface area (Å²) in [4.78, 5) is 0. The molecule has 19 heavy (non-hydrogen) atoms. The van der Waals surface area contributed by atoms with Crippen molar-refractivity contribution in [2.24, 2.45) is 0 Å². The van der Waals surface area contributed by atoms with Gasteiger partial charge in [0, 0.05) is 5.56 Å². The molecule has 1 aromatic carbocycles. The highest BCUT2D eigenvalue weighted by molar-refractivity contribution is 5.31. The number of aromatic hydroxyl groups is 1. The maximum Gasteiger partial charge on any atom is 0.129 e. The Morgan fingerprint density at radius 2 is 1.79 bits per heavy atom. The van der Waals surface area contributed by atoms with Gasteiger partial charge in [0.2, 0.25) is 0 Å². The Kier molecular flexibility index (Phi) is 4.02. The van der Waals surface area contributed by atoms with Crippen LogP contribution >= 0.6 is 0 Å². The molecule has 6 nitrogen and oxygen atoms in total. The van der Waals surface area contributed by atoms with E-state index in [1.807, 2.05) is 0 Å². The van der Waals surface area contributed by atoms with Crippen LogP contribution < -0.4 is 0 Å². The van der Waals surface area contributed by atoms with Crippen LogP contribution in [-0.4, -0.2) is 56.6 Å². The molecule has 1 aromatic rings. The van der Waals surface area contributed by atoms with Crippen LogP contribution in [0.2, 0.25) is 0 Å². The van der Waals surface area contributed by atoms with Gasteiger partial charge < -0.3 is 30.3 Å². The second-order valence-corrected chi connectivity index (χ2v) is 4.46. The lowest BCUT2D eigenvalue weighted by atomic mass is 9.91. The lowest BCUT2D eigenvalue weighted by Gasteiger charge is -2.40. The summed E-state index contributed by atoms with van der Waals surface area (Å²) in [7, 11) is 0. The number of rotatable bonds is 2. The SMILES string of the molecule is OC[C@H]1O[C@H](c2cc(O)ccc2F)[C@@H](O)[C@@H](O)[C@@H]1O. The Morgan fingerprint density at radius 1 is 1.11 bits per heavy atom. The van der Waals surface area contributed by atoms with Gasteiger partial charge >= 0.3 is 0 Å². The van der Waals surface area contributed by atoms with Crippen LogP contribution in [0, 0.1) is 5.82 Å². The minimum atomic E-state index is -1.59. The average molecular weight is 274 g/mol. The molecule has 1 heterocycles. The van der Waals surface area contributed by atoms with E-state index in [0.29, 0.717) is 0 Å². The van der Waals surface area contributed by atoms with E-state index in [9.17, 15) is 24.8 Å². The summed E-state index contributed by atoms with van der Waals surface area (Å²) in [6, 6.07) is 3.18. The van der Waals surface area contributed by atoms with E-state index in [-0.39, 0.29) is 11.3 Å². The minimum Gasteiger partial charge on any atom is -0.508 e. The summed E-state index contributed by atoms with van der Waals surface area (Å²) in [5.74, 6) is -0.963. The Bertz CT molecular complexity index is 452. The van der Waals surface area contributed by atoms with Gasteiger partial charge in [-0.2, -0.15) is 0 Å². The molecule has 1 saturated heterocycles. The summed E-state index contributed by atoms with van der Waals surface area (Å²) in [5, 5.41) is 47.4. The van der Waals surface area contributed by atoms with Crippen LogP contribution in [0.15, 0.2) is 18.2 Å². The smallest absolute Gasteiger partial charge is 0.129 e. The third-order valence-corrected chi connectivity index (χ3v) is 3.18.